The highest BCUT2D eigenvalue weighted by Gasteiger charge is 2.28. The number of amides is 1. The Morgan fingerprint density at radius 3 is 2.44 bits per heavy atom. The predicted molar refractivity (Wildman–Crippen MR) is 69.1 cm³/mol. The monoisotopic (exact) mass is 256 g/mol. The van der Waals surface area contributed by atoms with Gasteiger partial charge in [-0.15, -0.1) is 0 Å². The van der Waals surface area contributed by atoms with E-state index in [4.69, 9.17) is 4.74 Å². The van der Waals surface area contributed by atoms with Gasteiger partial charge in [-0.3, -0.25) is 9.59 Å². The van der Waals surface area contributed by atoms with Crippen molar-refractivity contribution in [1.29, 1.82) is 0 Å². The molecule has 1 amide bonds. The SMILES string of the molecule is COC(=O)C(C)(C)CNCCC(=O)N1CCCC1. The molecule has 1 N–H and O–H groups in total. The standard InChI is InChI=1S/C13H24N2O3/c1-13(2,12(17)18-3)10-14-7-6-11(16)15-8-4-5-9-15/h14H,4-10H2,1-3H3. The van der Waals surface area contributed by atoms with Gasteiger partial charge in [-0.25, -0.2) is 0 Å². The van der Waals surface area contributed by atoms with E-state index in [0.717, 1.165) is 25.9 Å². The summed E-state index contributed by atoms with van der Waals surface area (Å²) in [5, 5.41) is 3.15. The van der Waals surface area contributed by atoms with Gasteiger partial charge in [0.25, 0.3) is 0 Å². The van der Waals surface area contributed by atoms with E-state index >= 15 is 0 Å². The van der Waals surface area contributed by atoms with E-state index in [1.165, 1.54) is 7.11 Å². The number of nitrogens with one attached hydrogen (secondary N) is 1. The molecule has 1 aliphatic heterocycles. The molecule has 0 spiro atoms. The van der Waals surface area contributed by atoms with Crippen molar-refractivity contribution in [3.8, 4) is 0 Å². The lowest BCUT2D eigenvalue weighted by Gasteiger charge is -2.22. The van der Waals surface area contributed by atoms with Gasteiger partial charge >= 0.3 is 5.97 Å². The maximum absolute atomic E-state index is 11.8. The van der Waals surface area contributed by atoms with E-state index in [9.17, 15) is 9.59 Å². The van der Waals surface area contributed by atoms with E-state index in [1.54, 1.807) is 0 Å². The second kappa shape index (κ2) is 6.73. The molecule has 0 aromatic carbocycles. The number of hydrogen-bond acceptors (Lipinski definition) is 4. The average molecular weight is 256 g/mol. The van der Waals surface area contributed by atoms with Crippen molar-refractivity contribution in [2.45, 2.75) is 33.1 Å². The van der Waals surface area contributed by atoms with Crippen molar-refractivity contribution in [2.75, 3.05) is 33.3 Å². The largest absolute Gasteiger partial charge is 0.469 e. The van der Waals surface area contributed by atoms with Crippen molar-refractivity contribution in [3.05, 3.63) is 0 Å². The molecule has 0 saturated carbocycles. The van der Waals surface area contributed by atoms with Crippen molar-refractivity contribution >= 4 is 11.9 Å². The smallest absolute Gasteiger partial charge is 0.312 e. The summed E-state index contributed by atoms with van der Waals surface area (Å²) in [7, 11) is 1.39. The third-order valence-corrected chi connectivity index (χ3v) is 3.28. The number of esters is 1. The highest BCUT2D eigenvalue weighted by Crippen LogP contribution is 2.15. The Balaban J connectivity index is 2.18. The summed E-state index contributed by atoms with van der Waals surface area (Å²) in [5.41, 5.74) is -0.550. The molecule has 1 fully saturated rings. The molecule has 1 aliphatic rings. The summed E-state index contributed by atoms with van der Waals surface area (Å²) >= 11 is 0. The van der Waals surface area contributed by atoms with E-state index in [1.807, 2.05) is 18.7 Å². The van der Waals surface area contributed by atoms with Crippen LogP contribution < -0.4 is 5.32 Å². The van der Waals surface area contributed by atoms with Crippen LogP contribution in [0.2, 0.25) is 0 Å². The van der Waals surface area contributed by atoms with Gasteiger partial charge in [0, 0.05) is 32.6 Å². The first-order valence-corrected chi connectivity index (χ1v) is 6.54. The number of rotatable bonds is 6. The second-order valence-electron chi connectivity index (χ2n) is 5.39. The molecule has 0 radical (unpaired) electrons. The fraction of sp³-hybridized carbons (Fsp3) is 0.846. The molecule has 1 saturated heterocycles. The van der Waals surface area contributed by atoms with Crippen LogP contribution in [0.1, 0.15) is 33.1 Å². The van der Waals surface area contributed by atoms with Gasteiger partial charge in [0.2, 0.25) is 5.91 Å². The number of nitrogens with zero attached hydrogens (tertiary/aromatic N) is 1. The highest BCUT2D eigenvalue weighted by molar-refractivity contribution is 5.77. The molecule has 0 bridgehead atoms. The van der Waals surface area contributed by atoms with Gasteiger partial charge in [0.15, 0.2) is 0 Å². The van der Waals surface area contributed by atoms with E-state index in [2.05, 4.69) is 5.32 Å². The molecule has 0 aromatic rings. The fourth-order valence-corrected chi connectivity index (χ4v) is 2.07. The van der Waals surface area contributed by atoms with Gasteiger partial charge in [0.1, 0.15) is 0 Å². The normalized spacial score (nSPS) is 15.8. The molecular weight excluding hydrogens is 232 g/mol. The van der Waals surface area contributed by atoms with E-state index in [-0.39, 0.29) is 11.9 Å². The summed E-state index contributed by atoms with van der Waals surface area (Å²) in [5.74, 6) is -0.0308. The van der Waals surface area contributed by atoms with Crippen molar-refractivity contribution in [1.82, 2.24) is 10.2 Å². The summed E-state index contributed by atoms with van der Waals surface area (Å²) in [6.07, 6.45) is 2.74. The molecule has 0 aromatic heterocycles. The van der Waals surface area contributed by atoms with Gasteiger partial charge in [-0.05, 0) is 26.7 Å². The first-order valence-electron chi connectivity index (χ1n) is 6.54. The lowest BCUT2D eigenvalue weighted by Crippen LogP contribution is -2.38. The maximum atomic E-state index is 11.8. The van der Waals surface area contributed by atoms with Gasteiger partial charge in [-0.2, -0.15) is 0 Å². The topological polar surface area (TPSA) is 58.6 Å². The van der Waals surface area contributed by atoms with Crippen LogP contribution in [0.5, 0.6) is 0 Å². The Kier molecular flexibility index (Phi) is 5.59. The lowest BCUT2D eigenvalue weighted by atomic mass is 9.94. The van der Waals surface area contributed by atoms with Crippen LogP contribution in [0.25, 0.3) is 0 Å². The molecular formula is C13H24N2O3. The number of likely N-dealkylation sites (tertiary alicyclic amines) is 1. The van der Waals surface area contributed by atoms with Crippen LogP contribution in [0.4, 0.5) is 0 Å². The molecule has 0 aliphatic carbocycles. The highest BCUT2D eigenvalue weighted by atomic mass is 16.5. The number of ether oxygens (including phenoxy) is 1. The molecule has 104 valence electrons. The second-order valence-corrected chi connectivity index (χ2v) is 5.39. The predicted octanol–water partition coefficient (Wildman–Crippen LogP) is 0.788. The molecule has 1 heterocycles. The van der Waals surface area contributed by atoms with Crippen LogP contribution >= 0.6 is 0 Å². The zero-order valence-electron chi connectivity index (χ0n) is 11.6. The Hall–Kier alpha value is -1.10. The first-order chi connectivity index (χ1) is 8.47. The quantitative estimate of drug-likeness (QED) is 0.564. The molecule has 5 heteroatoms. The zero-order chi connectivity index (χ0) is 13.6. The van der Waals surface area contributed by atoms with Gasteiger partial charge in [-0.1, -0.05) is 0 Å². The zero-order valence-corrected chi connectivity index (χ0v) is 11.6. The van der Waals surface area contributed by atoms with Crippen LogP contribution in [0.15, 0.2) is 0 Å². The molecule has 0 atom stereocenters. The van der Waals surface area contributed by atoms with Crippen LogP contribution in [0, 0.1) is 5.41 Å². The minimum Gasteiger partial charge on any atom is -0.469 e. The van der Waals surface area contributed by atoms with Crippen LogP contribution in [0.3, 0.4) is 0 Å². The third-order valence-electron chi connectivity index (χ3n) is 3.28. The van der Waals surface area contributed by atoms with Crippen molar-refractivity contribution in [2.24, 2.45) is 5.41 Å². The van der Waals surface area contributed by atoms with E-state index < -0.39 is 5.41 Å². The summed E-state index contributed by atoms with van der Waals surface area (Å²) in [4.78, 5) is 25.1. The van der Waals surface area contributed by atoms with Gasteiger partial charge in [0.05, 0.1) is 12.5 Å². The Labute approximate surface area is 109 Å². The Morgan fingerprint density at radius 2 is 1.89 bits per heavy atom. The Bertz CT molecular complexity index is 297. The van der Waals surface area contributed by atoms with Crippen LogP contribution in [-0.4, -0.2) is 50.1 Å². The van der Waals surface area contributed by atoms with Crippen LogP contribution in [-0.2, 0) is 14.3 Å². The molecule has 18 heavy (non-hydrogen) atoms. The molecule has 5 nitrogen and oxygen atoms in total. The summed E-state index contributed by atoms with van der Waals surface area (Å²) in [6.45, 7) is 6.57. The van der Waals surface area contributed by atoms with Gasteiger partial charge < -0.3 is 15.0 Å². The molecule has 1 rings (SSSR count). The number of carbonyl (C=O) groups excluding carboxylic acids is 2. The first kappa shape index (κ1) is 15.0. The van der Waals surface area contributed by atoms with E-state index in [0.29, 0.717) is 19.5 Å². The Morgan fingerprint density at radius 1 is 1.28 bits per heavy atom. The third kappa shape index (κ3) is 4.29. The number of carbonyl (C=O) groups is 2. The minimum absolute atomic E-state index is 0.205. The summed E-state index contributed by atoms with van der Waals surface area (Å²) in [6, 6.07) is 0. The average Bonchev–Trinajstić information content (AvgIpc) is 2.87. The number of methoxy groups -OCH3 is 1. The number of hydrogen-bond donors (Lipinski definition) is 1. The fourth-order valence-electron chi connectivity index (χ4n) is 2.07. The van der Waals surface area contributed by atoms with Crippen molar-refractivity contribution < 1.29 is 14.3 Å². The summed E-state index contributed by atoms with van der Waals surface area (Å²) < 4.78 is 4.72. The minimum atomic E-state index is -0.550. The molecule has 0 unspecified atom stereocenters. The maximum Gasteiger partial charge on any atom is 0.312 e. The lowest BCUT2D eigenvalue weighted by molar-refractivity contribution is -0.150. The van der Waals surface area contributed by atoms with Crippen molar-refractivity contribution in [3.63, 3.8) is 0 Å².